The Kier molecular flexibility index (Phi) is 4.70. The van der Waals surface area contributed by atoms with Crippen molar-refractivity contribution in [2.45, 2.75) is 25.7 Å². The fourth-order valence-corrected chi connectivity index (χ4v) is 3.28. The lowest BCUT2D eigenvalue weighted by Crippen LogP contribution is -2.36. The first kappa shape index (κ1) is 18.0. The third-order valence-electron chi connectivity index (χ3n) is 3.92. The first-order chi connectivity index (χ1) is 11.6. The smallest absolute Gasteiger partial charge is 0.449 e. The van der Waals surface area contributed by atoms with Crippen molar-refractivity contribution in [2.24, 2.45) is 0 Å². The van der Waals surface area contributed by atoms with E-state index in [0.717, 1.165) is 0 Å². The number of phenolic OH excluding ortho intramolecular Hbond substituents is 1. The van der Waals surface area contributed by atoms with Crippen LogP contribution in [0, 0.1) is 0 Å². The zero-order valence-electron chi connectivity index (χ0n) is 12.6. The lowest BCUT2D eigenvalue weighted by Gasteiger charge is -2.28. The molecule has 0 aliphatic carbocycles. The summed E-state index contributed by atoms with van der Waals surface area (Å²) in [6.07, 6.45) is -4.47. The third-order valence-corrected chi connectivity index (χ3v) is 4.43. The minimum absolute atomic E-state index is 0.0475. The number of phenols is 1. The van der Waals surface area contributed by atoms with E-state index in [9.17, 15) is 23.1 Å². The maximum atomic E-state index is 12.8. The Balaban J connectivity index is 1.89. The number of nitrogens with one attached hydrogen (secondary N) is 1. The Morgan fingerprint density at radius 2 is 2.04 bits per heavy atom. The van der Waals surface area contributed by atoms with Gasteiger partial charge in [0.25, 0.3) is 5.56 Å². The summed E-state index contributed by atoms with van der Waals surface area (Å²) in [5.74, 6) is -1.45. The van der Waals surface area contributed by atoms with Crippen LogP contribution in [-0.4, -0.2) is 26.5 Å². The molecule has 1 aliphatic rings. The minimum Gasteiger partial charge on any atom is -0.506 e. The van der Waals surface area contributed by atoms with E-state index in [0.29, 0.717) is 17.1 Å². The highest BCUT2D eigenvalue weighted by molar-refractivity contribution is 6.35. The number of halogens is 5. The minimum atomic E-state index is -4.73. The molecular weight excluding hydrogens is 382 g/mol. The maximum absolute atomic E-state index is 12.8. The molecule has 25 heavy (non-hydrogen) atoms. The predicted molar refractivity (Wildman–Crippen MR) is 85.8 cm³/mol. The van der Waals surface area contributed by atoms with Gasteiger partial charge in [-0.15, -0.1) is 0 Å². The second kappa shape index (κ2) is 6.51. The number of hydrogen-bond acceptors (Lipinski definition) is 4. The van der Waals surface area contributed by atoms with Gasteiger partial charge in [0.2, 0.25) is 5.82 Å². The Morgan fingerprint density at radius 3 is 2.72 bits per heavy atom. The third kappa shape index (κ3) is 3.75. The van der Waals surface area contributed by atoms with Crippen molar-refractivity contribution < 1.29 is 18.3 Å². The molecule has 5 nitrogen and oxygen atoms in total. The van der Waals surface area contributed by atoms with Gasteiger partial charge in [-0.1, -0.05) is 23.2 Å². The molecule has 0 atom stereocenters. The molecule has 2 aromatic rings. The van der Waals surface area contributed by atoms with Crippen molar-refractivity contribution in [2.75, 3.05) is 6.54 Å². The molecule has 0 spiro atoms. The summed E-state index contributed by atoms with van der Waals surface area (Å²) in [6.45, 7) is 0.681. The van der Waals surface area contributed by atoms with Crippen LogP contribution in [0.1, 0.15) is 22.6 Å². The first-order valence-corrected chi connectivity index (χ1v) is 7.99. The monoisotopic (exact) mass is 393 g/mol. The summed E-state index contributed by atoms with van der Waals surface area (Å²) in [6, 6.07) is 2.93. The molecule has 0 saturated carbocycles. The van der Waals surface area contributed by atoms with Crippen LogP contribution < -0.4 is 5.56 Å². The number of H-pyrrole nitrogens is 1. The van der Waals surface area contributed by atoms with Crippen LogP contribution in [0.15, 0.2) is 16.9 Å². The Bertz CT molecular complexity index is 884. The number of alkyl halides is 3. The summed E-state index contributed by atoms with van der Waals surface area (Å²) in [7, 11) is 0. The van der Waals surface area contributed by atoms with Gasteiger partial charge in [-0.2, -0.15) is 13.2 Å². The molecule has 134 valence electrons. The molecule has 3 rings (SSSR count). The van der Waals surface area contributed by atoms with E-state index in [4.69, 9.17) is 23.2 Å². The van der Waals surface area contributed by atoms with E-state index in [1.165, 1.54) is 12.1 Å². The quantitative estimate of drug-likeness (QED) is 0.820. The SMILES string of the molecule is O=c1[nH]c(C(F)(F)F)nc2c1CCN(Cc1cc(Cl)cc(Cl)c1O)C2. The van der Waals surface area contributed by atoms with Crippen LogP contribution in [0.3, 0.4) is 0 Å². The van der Waals surface area contributed by atoms with Gasteiger partial charge >= 0.3 is 6.18 Å². The first-order valence-electron chi connectivity index (χ1n) is 7.23. The van der Waals surface area contributed by atoms with Crippen LogP contribution in [0.2, 0.25) is 10.0 Å². The average Bonchev–Trinajstić information content (AvgIpc) is 2.51. The van der Waals surface area contributed by atoms with Crippen molar-refractivity contribution >= 4 is 23.2 Å². The Hall–Kier alpha value is -1.77. The van der Waals surface area contributed by atoms with Crippen LogP contribution in [0.4, 0.5) is 13.2 Å². The number of fused-ring (bicyclic) bond motifs is 1. The highest BCUT2D eigenvalue weighted by atomic mass is 35.5. The number of aromatic hydroxyl groups is 1. The van der Waals surface area contributed by atoms with Crippen LogP contribution in [0.5, 0.6) is 5.75 Å². The second-order valence-electron chi connectivity index (χ2n) is 5.69. The summed E-state index contributed by atoms with van der Waals surface area (Å²) in [5.41, 5.74) is -0.00000383. The molecule has 2 N–H and O–H groups in total. The average molecular weight is 394 g/mol. The van der Waals surface area contributed by atoms with Gasteiger partial charge in [0.1, 0.15) is 5.75 Å². The molecule has 10 heteroatoms. The molecule has 1 aromatic heterocycles. The van der Waals surface area contributed by atoms with Crippen LogP contribution in [-0.2, 0) is 25.7 Å². The normalized spacial score (nSPS) is 15.2. The summed E-state index contributed by atoms with van der Waals surface area (Å²) >= 11 is 11.8. The van der Waals surface area contributed by atoms with Gasteiger partial charge in [0.15, 0.2) is 0 Å². The summed E-state index contributed by atoms with van der Waals surface area (Å²) < 4.78 is 38.4. The highest BCUT2D eigenvalue weighted by Crippen LogP contribution is 2.33. The number of nitrogens with zero attached hydrogens (tertiary/aromatic N) is 2. The lowest BCUT2D eigenvalue weighted by atomic mass is 10.1. The van der Waals surface area contributed by atoms with Gasteiger partial charge < -0.3 is 10.1 Å². The zero-order chi connectivity index (χ0) is 18.4. The van der Waals surface area contributed by atoms with E-state index < -0.39 is 17.6 Å². The van der Waals surface area contributed by atoms with Crippen molar-refractivity contribution in [3.05, 3.63) is 55.2 Å². The number of aromatic nitrogens is 2. The van der Waals surface area contributed by atoms with Gasteiger partial charge in [-0.25, -0.2) is 4.98 Å². The van der Waals surface area contributed by atoms with Crippen molar-refractivity contribution in [3.63, 3.8) is 0 Å². The fraction of sp³-hybridized carbons (Fsp3) is 0.333. The van der Waals surface area contributed by atoms with Gasteiger partial charge in [0, 0.05) is 35.8 Å². The topological polar surface area (TPSA) is 69.2 Å². The predicted octanol–water partition coefficient (Wildman–Crippen LogP) is 3.36. The molecule has 0 amide bonds. The lowest BCUT2D eigenvalue weighted by molar-refractivity contribution is -0.145. The summed E-state index contributed by atoms with van der Waals surface area (Å²) in [5, 5.41) is 10.4. The Labute approximate surface area is 150 Å². The zero-order valence-corrected chi connectivity index (χ0v) is 14.1. The largest absolute Gasteiger partial charge is 0.506 e. The Morgan fingerprint density at radius 1 is 1.32 bits per heavy atom. The molecule has 0 bridgehead atoms. The molecule has 0 saturated heterocycles. The molecular formula is C15H12Cl2F3N3O2. The van der Waals surface area contributed by atoms with Crippen LogP contribution in [0.25, 0.3) is 0 Å². The van der Waals surface area contributed by atoms with E-state index in [1.807, 2.05) is 0 Å². The molecule has 1 aliphatic heterocycles. The number of rotatable bonds is 2. The van der Waals surface area contributed by atoms with E-state index >= 15 is 0 Å². The molecule has 2 heterocycles. The maximum Gasteiger partial charge on any atom is 0.449 e. The molecule has 0 radical (unpaired) electrons. The van der Waals surface area contributed by atoms with Crippen molar-refractivity contribution in [3.8, 4) is 5.75 Å². The fourth-order valence-electron chi connectivity index (χ4n) is 2.74. The van der Waals surface area contributed by atoms with Crippen molar-refractivity contribution in [1.29, 1.82) is 0 Å². The second-order valence-corrected chi connectivity index (χ2v) is 6.54. The van der Waals surface area contributed by atoms with Gasteiger partial charge in [0.05, 0.1) is 10.7 Å². The van der Waals surface area contributed by atoms with E-state index in [-0.39, 0.29) is 41.5 Å². The molecule has 1 aromatic carbocycles. The summed E-state index contributed by atoms with van der Waals surface area (Å²) in [4.78, 5) is 18.9. The standard InChI is InChI=1S/C15H12Cl2F3N3O2/c16-8-3-7(12(24)10(17)4-8)5-23-2-1-9-11(6-23)21-14(15(18,19)20)22-13(9)25/h3-4,24H,1-2,5-6H2,(H,21,22,25). The van der Waals surface area contributed by atoms with Crippen molar-refractivity contribution in [1.82, 2.24) is 14.9 Å². The molecule has 0 fully saturated rings. The van der Waals surface area contributed by atoms with E-state index in [2.05, 4.69) is 4.98 Å². The molecule has 0 unspecified atom stereocenters. The van der Waals surface area contributed by atoms with Crippen LogP contribution >= 0.6 is 23.2 Å². The van der Waals surface area contributed by atoms with E-state index in [1.54, 1.807) is 9.88 Å². The van der Waals surface area contributed by atoms with Gasteiger partial charge in [-0.05, 0) is 18.6 Å². The van der Waals surface area contributed by atoms with Gasteiger partial charge in [-0.3, -0.25) is 9.69 Å². The number of aromatic amines is 1. The number of hydrogen-bond donors (Lipinski definition) is 2. The highest BCUT2D eigenvalue weighted by Gasteiger charge is 2.36. The number of benzene rings is 1.